The number of nitrogens with one attached hydrogen (secondary N) is 2. The topological polar surface area (TPSA) is 68.4 Å². The Hall–Kier alpha value is -2.60. The van der Waals surface area contributed by atoms with Gasteiger partial charge in [-0.25, -0.2) is 0 Å². The molecule has 0 radical (unpaired) electrons. The van der Waals surface area contributed by atoms with Crippen LogP contribution in [0.5, 0.6) is 0 Å². The van der Waals surface area contributed by atoms with E-state index in [0.717, 1.165) is 50.4 Å². The lowest BCUT2D eigenvalue weighted by Crippen LogP contribution is -2.47. The highest BCUT2D eigenvalue weighted by Crippen LogP contribution is 2.20. The van der Waals surface area contributed by atoms with Crippen molar-refractivity contribution in [2.24, 2.45) is 0 Å². The van der Waals surface area contributed by atoms with Crippen LogP contribution in [0.25, 0.3) is 0 Å². The lowest BCUT2D eigenvalue weighted by atomic mass is 10.0. The first-order valence-electron chi connectivity index (χ1n) is 10.9. The first-order valence-corrected chi connectivity index (χ1v) is 10.9. The van der Waals surface area contributed by atoms with Crippen LogP contribution in [-0.4, -0.2) is 60.8 Å². The van der Waals surface area contributed by atoms with Crippen molar-refractivity contribution in [3.8, 4) is 0 Å². The maximum atomic E-state index is 12.6. The molecule has 1 aromatic carbocycles. The Morgan fingerprint density at radius 3 is 2.50 bits per heavy atom. The second-order valence-corrected chi connectivity index (χ2v) is 8.17. The molecule has 2 heterocycles. The van der Waals surface area contributed by atoms with E-state index in [1.165, 1.54) is 11.3 Å². The SMILES string of the molecule is CCc1c(C(=O)NCCCN2CCN(c3cccc(C)c3)CC2)[nH]c(C)c1C(C)=O. The highest BCUT2D eigenvalue weighted by Gasteiger charge is 2.21. The number of ketones is 1. The zero-order valence-electron chi connectivity index (χ0n) is 18.7. The third kappa shape index (κ3) is 5.11. The molecule has 30 heavy (non-hydrogen) atoms. The number of piperazine rings is 1. The van der Waals surface area contributed by atoms with Gasteiger partial charge in [-0.1, -0.05) is 19.1 Å². The van der Waals surface area contributed by atoms with Crippen LogP contribution < -0.4 is 10.2 Å². The second-order valence-electron chi connectivity index (χ2n) is 8.17. The fourth-order valence-electron chi connectivity index (χ4n) is 4.35. The number of carbonyl (C=O) groups is 2. The van der Waals surface area contributed by atoms with Crippen LogP contribution in [0.1, 0.15) is 57.9 Å². The summed E-state index contributed by atoms with van der Waals surface area (Å²) >= 11 is 0. The van der Waals surface area contributed by atoms with Gasteiger partial charge in [-0.15, -0.1) is 0 Å². The number of aromatic amines is 1. The molecule has 0 bridgehead atoms. The Morgan fingerprint density at radius 1 is 1.13 bits per heavy atom. The molecule has 1 saturated heterocycles. The standard InChI is InChI=1S/C24H34N4O2/c1-5-21-22(19(4)29)18(3)26-23(21)24(30)25-10-7-11-27-12-14-28(15-13-27)20-9-6-8-17(2)16-20/h6,8-9,16,26H,5,7,10-15H2,1-4H3,(H,25,30). The number of anilines is 1. The number of aryl methyl sites for hydroxylation is 2. The van der Waals surface area contributed by atoms with Crippen molar-refractivity contribution < 1.29 is 9.59 Å². The third-order valence-corrected chi connectivity index (χ3v) is 5.90. The third-order valence-electron chi connectivity index (χ3n) is 5.90. The average Bonchev–Trinajstić information content (AvgIpc) is 3.08. The second kappa shape index (κ2) is 9.94. The average molecular weight is 411 g/mol. The number of H-pyrrole nitrogens is 1. The van der Waals surface area contributed by atoms with Gasteiger partial charge in [0.2, 0.25) is 0 Å². The molecule has 0 unspecified atom stereocenters. The maximum Gasteiger partial charge on any atom is 0.268 e. The van der Waals surface area contributed by atoms with Gasteiger partial charge in [-0.3, -0.25) is 14.5 Å². The van der Waals surface area contributed by atoms with Gasteiger partial charge in [0.1, 0.15) is 5.69 Å². The molecule has 2 aromatic rings. The lowest BCUT2D eigenvalue weighted by Gasteiger charge is -2.36. The quantitative estimate of drug-likeness (QED) is 0.517. The Kier molecular flexibility index (Phi) is 7.32. The Morgan fingerprint density at radius 2 is 1.87 bits per heavy atom. The minimum Gasteiger partial charge on any atom is -0.369 e. The fraction of sp³-hybridized carbons (Fsp3) is 0.500. The number of amides is 1. The molecular weight excluding hydrogens is 376 g/mol. The summed E-state index contributed by atoms with van der Waals surface area (Å²) in [5.74, 6) is -0.115. The first-order chi connectivity index (χ1) is 14.4. The molecule has 0 aliphatic carbocycles. The number of carbonyl (C=O) groups excluding carboxylic acids is 2. The predicted octanol–water partition coefficient (Wildman–Crippen LogP) is 3.34. The van der Waals surface area contributed by atoms with E-state index in [-0.39, 0.29) is 11.7 Å². The van der Waals surface area contributed by atoms with Gasteiger partial charge < -0.3 is 15.2 Å². The molecule has 1 aliphatic heterocycles. The van der Waals surface area contributed by atoms with Gasteiger partial charge >= 0.3 is 0 Å². The number of hydrogen-bond donors (Lipinski definition) is 2. The molecule has 162 valence electrons. The van der Waals surface area contributed by atoms with Crippen LogP contribution in [0.2, 0.25) is 0 Å². The Bertz CT molecular complexity index is 895. The largest absolute Gasteiger partial charge is 0.369 e. The predicted molar refractivity (Wildman–Crippen MR) is 122 cm³/mol. The van der Waals surface area contributed by atoms with E-state index in [4.69, 9.17) is 0 Å². The van der Waals surface area contributed by atoms with Crippen molar-refractivity contribution in [3.05, 3.63) is 52.3 Å². The number of rotatable bonds is 8. The fourth-order valence-corrected chi connectivity index (χ4v) is 4.35. The Balaban J connectivity index is 1.43. The molecule has 0 saturated carbocycles. The van der Waals surface area contributed by atoms with E-state index in [2.05, 4.69) is 51.3 Å². The smallest absolute Gasteiger partial charge is 0.268 e. The normalized spacial score (nSPS) is 14.7. The monoisotopic (exact) mass is 410 g/mol. The number of benzene rings is 1. The van der Waals surface area contributed by atoms with Crippen LogP contribution in [0, 0.1) is 13.8 Å². The van der Waals surface area contributed by atoms with Gasteiger partial charge in [-0.05, 0) is 63.4 Å². The summed E-state index contributed by atoms with van der Waals surface area (Å²) in [5, 5.41) is 3.02. The zero-order chi connectivity index (χ0) is 21.7. The molecule has 6 nitrogen and oxygen atoms in total. The minimum atomic E-state index is -0.119. The van der Waals surface area contributed by atoms with Gasteiger partial charge in [0, 0.05) is 49.7 Å². The molecule has 2 N–H and O–H groups in total. The lowest BCUT2D eigenvalue weighted by molar-refractivity contribution is 0.0946. The molecule has 1 aromatic heterocycles. The van der Waals surface area contributed by atoms with Gasteiger partial charge in [-0.2, -0.15) is 0 Å². The summed E-state index contributed by atoms with van der Waals surface area (Å²) in [5.41, 5.74) is 5.39. The van der Waals surface area contributed by atoms with E-state index in [1.54, 1.807) is 6.92 Å². The Labute approximate surface area is 179 Å². The summed E-state index contributed by atoms with van der Waals surface area (Å²) in [6.45, 7) is 13.3. The number of nitrogens with zero attached hydrogens (tertiary/aromatic N) is 2. The van der Waals surface area contributed by atoms with Crippen molar-refractivity contribution in [1.29, 1.82) is 0 Å². The van der Waals surface area contributed by atoms with Crippen LogP contribution in [0.15, 0.2) is 24.3 Å². The van der Waals surface area contributed by atoms with Crippen molar-refractivity contribution >= 4 is 17.4 Å². The van der Waals surface area contributed by atoms with Crippen LogP contribution >= 0.6 is 0 Å². The van der Waals surface area contributed by atoms with Gasteiger partial charge in [0.15, 0.2) is 5.78 Å². The molecule has 1 amide bonds. The van der Waals surface area contributed by atoms with E-state index >= 15 is 0 Å². The molecule has 0 atom stereocenters. The molecule has 3 rings (SSSR count). The number of aromatic nitrogens is 1. The zero-order valence-corrected chi connectivity index (χ0v) is 18.7. The van der Waals surface area contributed by atoms with Crippen LogP contribution in [0.3, 0.4) is 0 Å². The van der Waals surface area contributed by atoms with Crippen LogP contribution in [-0.2, 0) is 6.42 Å². The summed E-state index contributed by atoms with van der Waals surface area (Å²) in [6.07, 6.45) is 1.57. The summed E-state index contributed by atoms with van der Waals surface area (Å²) in [4.78, 5) is 32.5. The van der Waals surface area contributed by atoms with Crippen molar-refractivity contribution in [1.82, 2.24) is 15.2 Å². The van der Waals surface area contributed by atoms with Crippen LogP contribution in [0.4, 0.5) is 5.69 Å². The molecular formula is C24H34N4O2. The van der Waals surface area contributed by atoms with E-state index in [0.29, 0.717) is 24.2 Å². The summed E-state index contributed by atoms with van der Waals surface area (Å²) < 4.78 is 0. The number of Topliss-reactive ketones (excluding diaryl/α,β-unsaturated/α-hetero) is 1. The van der Waals surface area contributed by atoms with E-state index in [1.807, 2.05) is 13.8 Å². The highest BCUT2D eigenvalue weighted by molar-refractivity contribution is 6.02. The van der Waals surface area contributed by atoms with Gasteiger partial charge in [0.25, 0.3) is 5.91 Å². The summed E-state index contributed by atoms with van der Waals surface area (Å²) in [6, 6.07) is 8.68. The maximum absolute atomic E-state index is 12.6. The van der Waals surface area contributed by atoms with E-state index < -0.39 is 0 Å². The molecule has 0 spiro atoms. The molecule has 1 aliphatic rings. The number of hydrogen-bond acceptors (Lipinski definition) is 4. The van der Waals surface area contributed by atoms with Crippen molar-refractivity contribution in [2.45, 2.75) is 40.5 Å². The van der Waals surface area contributed by atoms with E-state index in [9.17, 15) is 9.59 Å². The molecule has 1 fully saturated rings. The minimum absolute atomic E-state index is 0.00413. The van der Waals surface area contributed by atoms with Crippen molar-refractivity contribution in [2.75, 3.05) is 44.2 Å². The highest BCUT2D eigenvalue weighted by atomic mass is 16.2. The summed E-state index contributed by atoms with van der Waals surface area (Å²) in [7, 11) is 0. The molecule has 6 heteroatoms. The van der Waals surface area contributed by atoms with Gasteiger partial charge in [0.05, 0.1) is 0 Å². The van der Waals surface area contributed by atoms with Crippen molar-refractivity contribution in [3.63, 3.8) is 0 Å². The first kappa shape index (κ1) is 22.1.